The summed E-state index contributed by atoms with van der Waals surface area (Å²) >= 11 is 0. The molecule has 6 heteroatoms. The lowest BCUT2D eigenvalue weighted by molar-refractivity contribution is -0.114. The van der Waals surface area contributed by atoms with E-state index in [0.717, 1.165) is 24.1 Å². The maximum absolute atomic E-state index is 12.6. The highest BCUT2D eigenvalue weighted by atomic mass is 16.5. The molecule has 0 atom stereocenters. The summed E-state index contributed by atoms with van der Waals surface area (Å²) in [6.45, 7) is 0.488. The number of benzene rings is 3. The lowest BCUT2D eigenvalue weighted by atomic mass is 9.95. The molecule has 1 fully saturated rings. The van der Waals surface area contributed by atoms with E-state index in [1.807, 2.05) is 66.7 Å². The average molecular weight is 458 g/mol. The summed E-state index contributed by atoms with van der Waals surface area (Å²) < 4.78 is 5.91. The van der Waals surface area contributed by atoms with Gasteiger partial charge in [-0.1, -0.05) is 67.8 Å². The van der Waals surface area contributed by atoms with Gasteiger partial charge in [0, 0.05) is 17.3 Å². The molecule has 34 heavy (non-hydrogen) atoms. The van der Waals surface area contributed by atoms with E-state index in [-0.39, 0.29) is 24.4 Å². The topological polar surface area (TPSA) is 79.5 Å². The van der Waals surface area contributed by atoms with E-state index in [2.05, 4.69) is 16.0 Å². The lowest BCUT2D eigenvalue weighted by Crippen LogP contribution is -2.36. The van der Waals surface area contributed by atoms with Gasteiger partial charge in [-0.3, -0.25) is 9.59 Å². The Bertz CT molecular complexity index is 1090. The fourth-order valence-corrected chi connectivity index (χ4v) is 4.09. The van der Waals surface area contributed by atoms with Crippen molar-refractivity contribution in [3.63, 3.8) is 0 Å². The van der Waals surface area contributed by atoms with Crippen LogP contribution in [-0.4, -0.2) is 24.4 Å². The molecule has 176 valence electrons. The summed E-state index contributed by atoms with van der Waals surface area (Å²) in [4.78, 5) is 25.2. The fraction of sp³-hybridized carbons (Fsp3) is 0.286. The van der Waals surface area contributed by atoms with Gasteiger partial charge in [0.2, 0.25) is 5.91 Å². The molecular formula is C28H31N3O3. The number of amides is 2. The van der Waals surface area contributed by atoms with Crippen molar-refractivity contribution >= 4 is 23.2 Å². The Morgan fingerprint density at radius 3 is 2.44 bits per heavy atom. The SMILES string of the molecule is O=C(CNc1cccc(C(=O)NC2CCCCC2)c1)Nc1ccccc1OCc1ccccc1. The first-order chi connectivity index (χ1) is 16.7. The average Bonchev–Trinajstić information content (AvgIpc) is 2.88. The van der Waals surface area contributed by atoms with Gasteiger partial charge < -0.3 is 20.7 Å². The highest BCUT2D eigenvalue weighted by molar-refractivity contribution is 5.96. The molecule has 0 aromatic heterocycles. The first kappa shape index (κ1) is 23.4. The molecule has 6 nitrogen and oxygen atoms in total. The zero-order valence-electron chi connectivity index (χ0n) is 19.3. The number of ether oxygens (including phenoxy) is 1. The summed E-state index contributed by atoms with van der Waals surface area (Å²) in [7, 11) is 0. The van der Waals surface area contributed by atoms with Crippen molar-refractivity contribution in [1.29, 1.82) is 0 Å². The summed E-state index contributed by atoms with van der Waals surface area (Å²) in [5.41, 5.74) is 2.99. The summed E-state index contributed by atoms with van der Waals surface area (Å²) in [6.07, 6.45) is 5.67. The van der Waals surface area contributed by atoms with Crippen LogP contribution in [0, 0.1) is 0 Å². The predicted octanol–water partition coefficient (Wildman–Crippen LogP) is 5.38. The Kier molecular flexibility index (Phi) is 8.17. The lowest BCUT2D eigenvalue weighted by Gasteiger charge is -2.22. The fourth-order valence-electron chi connectivity index (χ4n) is 4.09. The predicted molar refractivity (Wildman–Crippen MR) is 135 cm³/mol. The Labute approximate surface area is 200 Å². The van der Waals surface area contributed by atoms with Gasteiger partial charge in [-0.25, -0.2) is 0 Å². The summed E-state index contributed by atoms with van der Waals surface area (Å²) in [5.74, 6) is 0.346. The van der Waals surface area contributed by atoms with Gasteiger partial charge in [0.15, 0.2) is 0 Å². The maximum Gasteiger partial charge on any atom is 0.251 e. The molecule has 0 bridgehead atoms. The Morgan fingerprint density at radius 2 is 1.62 bits per heavy atom. The second-order valence-electron chi connectivity index (χ2n) is 8.56. The molecule has 1 saturated carbocycles. The van der Waals surface area contributed by atoms with Crippen molar-refractivity contribution in [2.24, 2.45) is 0 Å². The van der Waals surface area contributed by atoms with Crippen molar-refractivity contribution < 1.29 is 14.3 Å². The number of carbonyl (C=O) groups excluding carboxylic acids is 2. The van der Waals surface area contributed by atoms with Crippen molar-refractivity contribution in [2.45, 2.75) is 44.8 Å². The van der Waals surface area contributed by atoms with Crippen LogP contribution in [0.3, 0.4) is 0 Å². The van der Waals surface area contributed by atoms with Crippen LogP contribution in [0.1, 0.15) is 48.0 Å². The molecule has 0 unspecified atom stereocenters. The zero-order chi connectivity index (χ0) is 23.6. The quantitative estimate of drug-likeness (QED) is 0.403. The number of hydrogen-bond acceptors (Lipinski definition) is 4. The van der Waals surface area contributed by atoms with Crippen LogP contribution >= 0.6 is 0 Å². The molecule has 4 rings (SSSR count). The molecule has 0 heterocycles. The normalized spacial score (nSPS) is 13.6. The minimum absolute atomic E-state index is 0.0653. The van der Waals surface area contributed by atoms with Gasteiger partial charge in [0.25, 0.3) is 5.91 Å². The van der Waals surface area contributed by atoms with E-state index >= 15 is 0 Å². The van der Waals surface area contributed by atoms with Crippen molar-refractivity contribution in [1.82, 2.24) is 5.32 Å². The highest BCUT2D eigenvalue weighted by Crippen LogP contribution is 2.25. The van der Waals surface area contributed by atoms with E-state index in [1.165, 1.54) is 19.3 Å². The standard InChI is InChI=1S/C28H31N3O3/c32-27(31-25-16-7-8-17-26(25)34-20-21-10-3-1-4-11-21)19-29-24-15-9-12-22(18-24)28(33)30-23-13-5-2-6-14-23/h1,3-4,7-12,15-18,23,29H,2,5-6,13-14,19-20H2,(H,30,33)(H,31,32). The molecule has 3 aromatic rings. The first-order valence-corrected chi connectivity index (χ1v) is 11.9. The smallest absolute Gasteiger partial charge is 0.251 e. The van der Waals surface area contributed by atoms with Crippen LogP contribution in [-0.2, 0) is 11.4 Å². The van der Waals surface area contributed by atoms with E-state index in [1.54, 1.807) is 12.1 Å². The first-order valence-electron chi connectivity index (χ1n) is 11.9. The minimum atomic E-state index is -0.201. The number of rotatable bonds is 9. The van der Waals surface area contributed by atoms with Gasteiger partial charge in [0.1, 0.15) is 12.4 Å². The van der Waals surface area contributed by atoms with Gasteiger partial charge in [-0.05, 0) is 48.7 Å². The van der Waals surface area contributed by atoms with Crippen molar-refractivity contribution in [3.05, 3.63) is 90.0 Å². The van der Waals surface area contributed by atoms with Crippen LogP contribution in [0.5, 0.6) is 5.75 Å². The summed E-state index contributed by atoms with van der Waals surface area (Å²) in [5, 5.41) is 9.14. The highest BCUT2D eigenvalue weighted by Gasteiger charge is 2.17. The van der Waals surface area contributed by atoms with Crippen molar-refractivity contribution in [2.75, 3.05) is 17.2 Å². The number of nitrogens with one attached hydrogen (secondary N) is 3. The van der Waals surface area contributed by atoms with E-state index in [0.29, 0.717) is 23.6 Å². The molecule has 0 radical (unpaired) electrons. The number of para-hydroxylation sites is 2. The molecule has 2 amide bonds. The molecule has 1 aliphatic carbocycles. The van der Waals surface area contributed by atoms with E-state index in [4.69, 9.17) is 4.74 Å². The molecule has 3 aromatic carbocycles. The maximum atomic E-state index is 12.6. The van der Waals surface area contributed by atoms with E-state index < -0.39 is 0 Å². The molecule has 0 spiro atoms. The van der Waals surface area contributed by atoms with Crippen molar-refractivity contribution in [3.8, 4) is 5.75 Å². The molecule has 0 aliphatic heterocycles. The second kappa shape index (κ2) is 11.9. The van der Waals surface area contributed by atoms with Crippen LogP contribution in [0.15, 0.2) is 78.9 Å². The van der Waals surface area contributed by atoms with E-state index in [9.17, 15) is 9.59 Å². The largest absolute Gasteiger partial charge is 0.487 e. The number of carbonyl (C=O) groups is 2. The monoisotopic (exact) mass is 457 g/mol. The minimum Gasteiger partial charge on any atom is -0.487 e. The van der Waals surface area contributed by atoms with Crippen LogP contribution in [0.2, 0.25) is 0 Å². The third kappa shape index (κ3) is 6.85. The Balaban J connectivity index is 1.29. The summed E-state index contributed by atoms with van der Waals surface area (Å²) in [6, 6.07) is 24.8. The van der Waals surface area contributed by atoms with Gasteiger partial charge in [-0.2, -0.15) is 0 Å². The second-order valence-corrected chi connectivity index (χ2v) is 8.56. The zero-order valence-corrected chi connectivity index (χ0v) is 19.3. The van der Waals surface area contributed by atoms with Crippen LogP contribution in [0.25, 0.3) is 0 Å². The van der Waals surface area contributed by atoms with Gasteiger partial charge >= 0.3 is 0 Å². The van der Waals surface area contributed by atoms with Crippen LogP contribution < -0.4 is 20.7 Å². The molecule has 1 aliphatic rings. The number of hydrogen-bond donors (Lipinski definition) is 3. The molecular weight excluding hydrogens is 426 g/mol. The Hall–Kier alpha value is -3.80. The number of anilines is 2. The third-order valence-corrected chi connectivity index (χ3v) is 5.92. The third-order valence-electron chi connectivity index (χ3n) is 5.92. The van der Waals surface area contributed by atoms with Gasteiger partial charge in [-0.15, -0.1) is 0 Å². The Morgan fingerprint density at radius 1 is 0.853 bits per heavy atom. The molecule has 3 N–H and O–H groups in total. The molecule has 0 saturated heterocycles. The van der Waals surface area contributed by atoms with Gasteiger partial charge in [0.05, 0.1) is 12.2 Å². The van der Waals surface area contributed by atoms with Crippen LogP contribution in [0.4, 0.5) is 11.4 Å².